The molecule has 32 heavy (non-hydrogen) atoms. The van der Waals surface area contributed by atoms with Crippen molar-refractivity contribution < 1.29 is 23.4 Å². The highest BCUT2D eigenvalue weighted by Gasteiger charge is 2.38. The Morgan fingerprint density at radius 1 is 1.12 bits per heavy atom. The summed E-state index contributed by atoms with van der Waals surface area (Å²) in [6, 6.07) is 13.4. The molecule has 0 amide bonds. The second-order valence-corrected chi connectivity index (χ2v) is 10.3. The van der Waals surface area contributed by atoms with Crippen molar-refractivity contribution in [2.75, 3.05) is 6.26 Å². The molecule has 1 spiro atoms. The molecule has 172 valence electrons. The van der Waals surface area contributed by atoms with Gasteiger partial charge < -0.3 is 9.15 Å². The molecule has 1 fully saturated rings. The van der Waals surface area contributed by atoms with E-state index in [4.69, 9.17) is 14.1 Å². The molecule has 2 aliphatic rings. The SMILES string of the molecule is CS(N)(=O)=O.Fc1cccc2c1OCc1coc(n1)C1(CCCCC1)Cc1cccc-2c1.[HH]. The van der Waals surface area contributed by atoms with E-state index in [0.717, 1.165) is 42.5 Å². The minimum atomic E-state index is -3.17. The Morgan fingerprint density at radius 3 is 2.59 bits per heavy atom. The molecule has 6 nitrogen and oxygen atoms in total. The second-order valence-electron chi connectivity index (χ2n) is 8.60. The summed E-state index contributed by atoms with van der Waals surface area (Å²) >= 11 is 0. The van der Waals surface area contributed by atoms with Gasteiger partial charge in [-0.1, -0.05) is 55.7 Å². The van der Waals surface area contributed by atoms with E-state index in [0.29, 0.717) is 5.69 Å². The van der Waals surface area contributed by atoms with Crippen LogP contribution >= 0.6 is 0 Å². The van der Waals surface area contributed by atoms with Crippen LogP contribution in [-0.2, 0) is 28.5 Å². The molecule has 0 saturated heterocycles. The standard InChI is InChI=1S/C23H22FNO2.CH5NO2S.H2/c24-20-9-5-8-19-17-7-4-6-16(12-17)13-23(10-2-1-3-11-23)22-25-18(15-27-22)14-26-21(19)20;1-5(2,3)4;/h4-9,12,15H,1-3,10-11,13-14H2;1H3,(H2,2,3,4);1H. The third-order valence-electron chi connectivity index (χ3n) is 5.93. The van der Waals surface area contributed by atoms with Crippen molar-refractivity contribution in [2.45, 2.75) is 50.5 Å². The Labute approximate surface area is 189 Å². The summed E-state index contributed by atoms with van der Waals surface area (Å²) in [4.78, 5) is 4.75. The number of hydrogen-bond donors (Lipinski definition) is 1. The number of primary sulfonamides is 1. The van der Waals surface area contributed by atoms with E-state index in [1.807, 2.05) is 18.2 Å². The van der Waals surface area contributed by atoms with Crippen LogP contribution in [0.25, 0.3) is 11.1 Å². The number of fused-ring (bicyclic) bond motifs is 7. The molecule has 1 saturated carbocycles. The van der Waals surface area contributed by atoms with E-state index in [1.165, 1.54) is 30.9 Å². The molecule has 2 N–H and O–H groups in total. The lowest BCUT2D eigenvalue weighted by atomic mass is 9.70. The van der Waals surface area contributed by atoms with E-state index in [9.17, 15) is 12.8 Å². The zero-order valence-corrected chi connectivity index (χ0v) is 18.8. The van der Waals surface area contributed by atoms with Gasteiger partial charge in [-0.3, -0.25) is 0 Å². The Hall–Kier alpha value is -2.71. The lowest BCUT2D eigenvalue weighted by molar-refractivity contribution is 0.233. The molecule has 5 rings (SSSR count). The Balaban J connectivity index is 0.000000465. The third-order valence-corrected chi connectivity index (χ3v) is 5.93. The summed E-state index contributed by atoms with van der Waals surface area (Å²) in [5.74, 6) is 0.718. The fourth-order valence-electron chi connectivity index (χ4n) is 4.58. The van der Waals surface area contributed by atoms with Crippen molar-refractivity contribution in [2.24, 2.45) is 5.14 Å². The number of oxazole rings is 1. The number of halogens is 1. The number of para-hydroxylation sites is 1. The maximum atomic E-state index is 14.5. The van der Waals surface area contributed by atoms with Crippen molar-refractivity contribution in [3.05, 3.63) is 71.7 Å². The number of benzene rings is 2. The zero-order chi connectivity index (χ0) is 22.8. The molecule has 1 aromatic heterocycles. The number of sulfonamides is 1. The van der Waals surface area contributed by atoms with Crippen molar-refractivity contribution in [1.82, 2.24) is 4.98 Å². The first-order valence-corrected chi connectivity index (χ1v) is 12.6. The number of nitrogens with zero attached hydrogens (tertiary/aromatic N) is 1. The molecule has 0 atom stereocenters. The molecular formula is C24H29FN2O4S. The van der Waals surface area contributed by atoms with Crippen LogP contribution < -0.4 is 9.88 Å². The van der Waals surface area contributed by atoms with Crippen molar-refractivity contribution in [1.29, 1.82) is 0 Å². The summed E-state index contributed by atoms with van der Waals surface area (Å²) in [7, 11) is -3.17. The number of ether oxygens (including phenoxy) is 1. The van der Waals surface area contributed by atoms with Gasteiger partial charge in [-0.05, 0) is 36.5 Å². The van der Waals surface area contributed by atoms with E-state index >= 15 is 0 Å². The van der Waals surface area contributed by atoms with Gasteiger partial charge in [-0.25, -0.2) is 22.9 Å². The van der Waals surface area contributed by atoms with Crippen LogP contribution in [0.2, 0.25) is 0 Å². The maximum Gasteiger partial charge on any atom is 0.206 e. The number of hydrogen-bond acceptors (Lipinski definition) is 5. The molecule has 1 aliphatic carbocycles. The molecule has 0 radical (unpaired) electrons. The molecule has 4 bridgehead atoms. The van der Waals surface area contributed by atoms with Crippen LogP contribution in [0, 0.1) is 5.82 Å². The quantitative estimate of drug-likeness (QED) is 0.511. The largest absolute Gasteiger partial charge is 0.483 e. The zero-order valence-electron chi connectivity index (χ0n) is 18.0. The van der Waals surface area contributed by atoms with Gasteiger partial charge in [0.15, 0.2) is 11.6 Å². The van der Waals surface area contributed by atoms with Gasteiger partial charge in [-0.15, -0.1) is 0 Å². The molecule has 2 heterocycles. The molecule has 8 heteroatoms. The topological polar surface area (TPSA) is 95.4 Å². The number of nitrogens with two attached hydrogens (primary N) is 1. The summed E-state index contributed by atoms with van der Waals surface area (Å²) in [6.45, 7) is 0.202. The van der Waals surface area contributed by atoms with Crippen LogP contribution in [0.5, 0.6) is 5.75 Å². The first-order chi connectivity index (χ1) is 15.2. The minimum absolute atomic E-state index is 0. The average molecular weight is 461 g/mol. The van der Waals surface area contributed by atoms with Crippen LogP contribution in [0.1, 0.15) is 50.7 Å². The van der Waals surface area contributed by atoms with Crippen LogP contribution in [-0.4, -0.2) is 19.7 Å². The van der Waals surface area contributed by atoms with E-state index in [2.05, 4.69) is 17.3 Å². The average Bonchev–Trinajstić information content (AvgIpc) is 3.22. The van der Waals surface area contributed by atoms with Gasteiger partial charge in [0.05, 0.1) is 11.7 Å². The monoisotopic (exact) mass is 460 g/mol. The van der Waals surface area contributed by atoms with E-state index in [-0.39, 0.29) is 25.0 Å². The van der Waals surface area contributed by atoms with Gasteiger partial charge in [0.25, 0.3) is 0 Å². The fourth-order valence-corrected chi connectivity index (χ4v) is 4.58. The predicted molar refractivity (Wildman–Crippen MR) is 122 cm³/mol. The Bertz CT molecular complexity index is 1200. The highest BCUT2D eigenvalue weighted by atomic mass is 32.2. The highest BCUT2D eigenvalue weighted by Crippen LogP contribution is 2.43. The van der Waals surface area contributed by atoms with Crippen LogP contribution in [0.3, 0.4) is 0 Å². The van der Waals surface area contributed by atoms with Crippen molar-refractivity contribution in [3.63, 3.8) is 0 Å². The summed E-state index contributed by atoms with van der Waals surface area (Å²) in [6.07, 6.45) is 9.33. The van der Waals surface area contributed by atoms with Gasteiger partial charge >= 0.3 is 0 Å². The van der Waals surface area contributed by atoms with Gasteiger partial charge in [0, 0.05) is 6.99 Å². The lowest BCUT2D eigenvalue weighted by Gasteiger charge is -2.34. The second kappa shape index (κ2) is 9.03. The fraction of sp³-hybridized carbons (Fsp3) is 0.375. The van der Waals surface area contributed by atoms with E-state index in [1.54, 1.807) is 12.3 Å². The lowest BCUT2D eigenvalue weighted by Crippen LogP contribution is -2.32. The number of aromatic nitrogens is 1. The highest BCUT2D eigenvalue weighted by molar-refractivity contribution is 7.88. The van der Waals surface area contributed by atoms with Gasteiger partial charge in [-0.2, -0.15) is 0 Å². The molecule has 2 aromatic carbocycles. The predicted octanol–water partition coefficient (Wildman–Crippen LogP) is 4.97. The van der Waals surface area contributed by atoms with E-state index < -0.39 is 10.0 Å². The molecule has 3 aromatic rings. The Kier molecular flexibility index (Phi) is 6.35. The Morgan fingerprint density at radius 2 is 1.84 bits per heavy atom. The van der Waals surface area contributed by atoms with Crippen LogP contribution in [0.4, 0.5) is 4.39 Å². The van der Waals surface area contributed by atoms with Gasteiger partial charge in [0.1, 0.15) is 18.6 Å². The normalized spacial score (nSPS) is 17.1. The first kappa shape index (κ1) is 22.5. The van der Waals surface area contributed by atoms with Crippen molar-refractivity contribution in [3.8, 4) is 16.9 Å². The smallest absolute Gasteiger partial charge is 0.206 e. The summed E-state index contributed by atoms with van der Waals surface area (Å²) in [5, 5.41) is 4.33. The van der Waals surface area contributed by atoms with Crippen molar-refractivity contribution >= 4 is 10.0 Å². The molecule has 0 unspecified atom stereocenters. The van der Waals surface area contributed by atoms with Crippen LogP contribution in [0.15, 0.2) is 53.1 Å². The summed E-state index contributed by atoms with van der Waals surface area (Å²) in [5.41, 5.74) is 3.65. The number of rotatable bonds is 0. The van der Waals surface area contributed by atoms with Gasteiger partial charge in [0.2, 0.25) is 15.9 Å². The third kappa shape index (κ3) is 5.19. The summed E-state index contributed by atoms with van der Waals surface area (Å²) < 4.78 is 45.1. The maximum absolute atomic E-state index is 14.5. The molecule has 1 aliphatic heterocycles. The first-order valence-electron chi connectivity index (χ1n) is 10.7. The molecular weight excluding hydrogens is 431 g/mol. The minimum Gasteiger partial charge on any atom is -0.483 e.